The number of carbonyl (C=O) groups is 1. The van der Waals surface area contributed by atoms with Crippen LogP contribution >= 0.6 is 43.2 Å². The Labute approximate surface area is 131 Å². The van der Waals surface area contributed by atoms with Gasteiger partial charge in [0, 0.05) is 5.41 Å². The van der Waals surface area contributed by atoms with Crippen LogP contribution in [0.4, 0.5) is 0 Å². The molecule has 0 radical (unpaired) electrons. The van der Waals surface area contributed by atoms with Gasteiger partial charge >= 0.3 is 5.97 Å². The van der Waals surface area contributed by atoms with Crippen molar-refractivity contribution in [2.45, 2.75) is 26.2 Å². The lowest BCUT2D eigenvalue weighted by Gasteiger charge is -2.14. The first-order valence-electron chi connectivity index (χ1n) is 5.40. The van der Waals surface area contributed by atoms with Gasteiger partial charge in [-0.3, -0.25) is 0 Å². The van der Waals surface area contributed by atoms with E-state index >= 15 is 0 Å². The first-order chi connectivity index (χ1) is 8.70. The van der Waals surface area contributed by atoms with E-state index in [1.54, 1.807) is 0 Å². The summed E-state index contributed by atoms with van der Waals surface area (Å²) in [5.74, 6) is -0.887. The summed E-state index contributed by atoms with van der Waals surface area (Å²) in [6, 6.07) is 1.85. The van der Waals surface area contributed by atoms with E-state index in [0.29, 0.717) is 11.6 Å². The monoisotopic (exact) mass is 407 g/mol. The van der Waals surface area contributed by atoms with Crippen molar-refractivity contribution in [2.24, 2.45) is 0 Å². The molecule has 102 valence electrons. The number of hydrogen-bond donors (Lipinski definition) is 1. The highest BCUT2D eigenvalue weighted by molar-refractivity contribution is 9.12. The van der Waals surface area contributed by atoms with Gasteiger partial charge in [-0.15, -0.1) is 11.3 Å². The van der Waals surface area contributed by atoms with Crippen LogP contribution in [0.2, 0.25) is 0 Å². The largest absolute Gasteiger partial charge is 0.475 e. The highest BCUT2D eigenvalue weighted by atomic mass is 79.9. The van der Waals surface area contributed by atoms with Gasteiger partial charge in [0.1, 0.15) is 5.69 Å². The van der Waals surface area contributed by atoms with Crippen LogP contribution in [0, 0.1) is 0 Å². The van der Waals surface area contributed by atoms with Gasteiger partial charge in [0.15, 0.2) is 0 Å². The number of aromatic nitrogens is 1. The number of carboxylic acid groups (broad SMARTS) is 1. The SMILES string of the molecule is CC(C)(C)c1nc(-c2cc(Br)sc2Br)oc1C(=O)O. The van der Waals surface area contributed by atoms with Crippen LogP contribution in [0.1, 0.15) is 37.0 Å². The lowest BCUT2D eigenvalue weighted by atomic mass is 9.91. The third kappa shape index (κ3) is 2.93. The van der Waals surface area contributed by atoms with Crippen molar-refractivity contribution in [3.63, 3.8) is 0 Å². The summed E-state index contributed by atoms with van der Waals surface area (Å²) in [5.41, 5.74) is 0.800. The van der Waals surface area contributed by atoms with Crippen LogP contribution in [0.3, 0.4) is 0 Å². The third-order valence-electron chi connectivity index (χ3n) is 2.42. The molecule has 2 aromatic rings. The van der Waals surface area contributed by atoms with Gasteiger partial charge in [-0.05, 0) is 37.9 Å². The van der Waals surface area contributed by atoms with Gasteiger partial charge in [-0.2, -0.15) is 0 Å². The maximum absolute atomic E-state index is 11.3. The van der Waals surface area contributed by atoms with E-state index in [9.17, 15) is 9.90 Å². The lowest BCUT2D eigenvalue weighted by Crippen LogP contribution is -2.16. The zero-order valence-corrected chi connectivity index (χ0v) is 14.4. The van der Waals surface area contributed by atoms with Gasteiger partial charge in [-0.25, -0.2) is 9.78 Å². The summed E-state index contributed by atoms with van der Waals surface area (Å²) >= 11 is 8.27. The van der Waals surface area contributed by atoms with Gasteiger partial charge in [-0.1, -0.05) is 20.8 Å². The quantitative estimate of drug-likeness (QED) is 0.765. The summed E-state index contributed by atoms with van der Waals surface area (Å²) in [6.45, 7) is 5.71. The van der Waals surface area contributed by atoms with E-state index in [1.807, 2.05) is 26.8 Å². The molecule has 0 aliphatic rings. The van der Waals surface area contributed by atoms with Crippen LogP contribution in [0.25, 0.3) is 11.5 Å². The fraction of sp³-hybridized carbons (Fsp3) is 0.333. The second-order valence-corrected chi connectivity index (χ2v) is 8.74. The Balaban J connectivity index is 2.61. The van der Waals surface area contributed by atoms with E-state index < -0.39 is 11.4 Å². The molecule has 2 rings (SSSR count). The molecule has 0 atom stereocenters. The van der Waals surface area contributed by atoms with Crippen molar-refractivity contribution in [1.29, 1.82) is 0 Å². The number of halogens is 2. The maximum atomic E-state index is 11.3. The number of carboxylic acids is 1. The van der Waals surface area contributed by atoms with Crippen molar-refractivity contribution in [3.8, 4) is 11.5 Å². The van der Waals surface area contributed by atoms with Crippen molar-refractivity contribution in [3.05, 3.63) is 25.1 Å². The van der Waals surface area contributed by atoms with Crippen LogP contribution in [-0.2, 0) is 5.41 Å². The Kier molecular flexibility index (Phi) is 3.90. The van der Waals surface area contributed by atoms with Crippen LogP contribution in [0.5, 0.6) is 0 Å². The molecule has 19 heavy (non-hydrogen) atoms. The van der Waals surface area contributed by atoms with Crippen LogP contribution < -0.4 is 0 Å². The minimum Gasteiger partial charge on any atom is -0.475 e. The first kappa shape index (κ1) is 14.7. The zero-order valence-electron chi connectivity index (χ0n) is 10.5. The molecule has 0 unspecified atom stereocenters. The number of aromatic carboxylic acids is 1. The molecule has 2 heterocycles. The molecule has 1 N–H and O–H groups in total. The molecule has 0 spiro atoms. The second-order valence-electron chi connectivity index (χ2n) is 4.99. The predicted molar refractivity (Wildman–Crippen MR) is 80.9 cm³/mol. The highest BCUT2D eigenvalue weighted by Gasteiger charge is 2.30. The number of oxazole rings is 1. The topological polar surface area (TPSA) is 63.3 Å². The van der Waals surface area contributed by atoms with Crippen LogP contribution in [-0.4, -0.2) is 16.1 Å². The fourth-order valence-corrected chi connectivity index (χ4v) is 4.35. The summed E-state index contributed by atoms with van der Waals surface area (Å²) in [5, 5.41) is 9.21. The Bertz CT molecular complexity index is 640. The standard InChI is InChI=1S/C12H11Br2NO3S/c1-12(2,3)8-7(11(16)17)18-10(15-8)5-4-6(13)19-9(5)14/h4H,1-3H3,(H,16,17). The predicted octanol–water partition coefficient (Wildman–Crippen LogP) is 4.92. The second kappa shape index (κ2) is 5.03. The van der Waals surface area contributed by atoms with Crippen molar-refractivity contribution in [2.75, 3.05) is 0 Å². The molecule has 2 aromatic heterocycles. The Morgan fingerprint density at radius 3 is 2.42 bits per heavy atom. The number of nitrogens with zero attached hydrogens (tertiary/aromatic N) is 1. The highest BCUT2D eigenvalue weighted by Crippen LogP contribution is 2.39. The first-order valence-corrected chi connectivity index (χ1v) is 7.80. The molecule has 0 aliphatic heterocycles. The maximum Gasteiger partial charge on any atom is 0.373 e. The van der Waals surface area contributed by atoms with Crippen molar-refractivity contribution >= 4 is 49.2 Å². The Morgan fingerprint density at radius 1 is 1.42 bits per heavy atom. The van der Waals surface area contributed by atoms with E-state index in [1.165, 1.54) is 11.3 Å². The molecule has 7 heteroatoms. The van der Waals surface area contributed by atoms with Crippen LogP contribution in [0.15, 0.2) is 18.1 Å². The van der Waals surface area contributed by atoms with E-state index in [4.69, 9.17) is 4.42 Å². The molecule has 0 amide bonds. The third-order valence-corrected chi connectivity index (χ3v) is 4.76. The zero-order chi connectivity index (χ0) is 14.4. The number of hydrogen-bond acceptors (Lipinski definition) is 4. The van der Waals surface area contributed by atoms with Crippen molar-refractivity contribution in [1.82, 2.24) is 4.98 Å². The Hall–Kier alpha value is -0.660. The smallest absolute Gasteiger partial charge is 0.373 e. The molecule has 0 saturated heterocycles. The number of rotatable bonds is 2. The molecular formula is C12H11Br2NO3S. The molecular weight excluding hydrogens is 398 g/mol. The Morgan fingerprint density at radius 2 is 2.05 bits per heavy atom. The summed E-state index contributed by atoms with van der Waals surface area (Å²) in [7, 11) is 0. The average molecular weight is 409 g/mol. The molecule has 0 bridgehead atoms. The molecule has 0 aromatic carbocycles. The molecule has 0 aliphatic carbocycles. The van der Waals surface area contributed by atoms with E-state index in [-0.39, 0.29) is 5.76 Å². The number of thiophene rings is 1. The molecule has 4 nitrogen and oxygen atoms in total. The summed E-state index contributed by atoms with van der Waals surface area (Å²) in [6.07, 6.45) is 0. The van der Waals surface area contributed by atoms with Gasteiger partial charge in [0.25, 0.3) is 0 Å². The van der Waals surface area contributed by atoms with Gasteiger partial charge in [0.05, 0.1) is 13.1 Å². The normalized spacial score (nSPS) is 11.8. The van der Waals surface area contributed by atoms with Gasteiger partial charge in [0.2, 0.25) is 11.7 Å². The molecule has 0 saturated carbocycles. The van der Waals surface area contributed by atoms with E-state index in [2.05, 4.69) is 36.8 Å². The lowest BCUT2D eigenvalue weighted by molar-refractivity contribution is 0.0659. The summed E-state index contributed by atoms with van der Waals surface area (Å²) < 4.78 is 7.19. The minimum atomic E-state index is -1.10. The fourth-order valence-electron chi connectivity index (χ4n) is 1.57. The van der Waals surface area contributed by atoms with Crippen molar-refractivity contribution < 1.29 is 14.3 Å². The minimum absolute atomic E-state index is 0.100. The molecule has 0 fully saturated rings. The van der Waals surface area contributed by atoms with Gasteiger partial charge < -0.3 is 9.52 Å². The summed E-state index contributed by atoms with van der Waals surface area (Å²) in [4.78, 5) is 15.6. The average Bonchev–Trinajstić information content (AvgIpc) is 2.80. The van der Waals surface area contributed by atoms with E-state index in [0.717, 1.165) is 13.1 Å².